The Morgan fingerprint density at radius 3 is 2.41 bits per heavy atom. The average molecular weight is 435 g/mol. The van der Waals surface area contributed by atoms with Crippen LogP contribution < -0.4 is 9.64 Å². The first-order valence-corrected chi connectivity index (χ1v) is 10.2. The summed E-state index contributed by atoms with van der Waals surface area (Å²) in [5.41, 5.74) is 1.20. The molecule has 8 heteroatoms. The van der Waals surface area contributed by atoms with Crippen molar-refractivity contribution in [1.29, 1.82) is 0 Å². The van der Waals surface area contributed by atoms with Crippen molar-refractivity contribution in [3.8, 4) is 5.75 Å². The molecule has 0 radical (unpaired) electrons. The second-order valence-corrected chi connectivity index (χ2v) is 7.71. The summed E-state index contributed by atoms with van der Waals surface area (Å²) in [6.45, 7) is 2.17. The molecule has 4 rings (SSSR count). The van der Waals surface area contributed by atoms with E-state index in [1.165, 1.54) is 0 Å². The zero-order chi connectivity index (χ0) is 20.4. The van der Waals surface area contributed by atoms with Crippen LogP contribution in [0.1, 0.15) is 5.56 Å². The van der Waals surface area contributed by atoms with Crippen LogP contribution in [0.3, 0.4) is 0 Å². The molecule has 0 bridgehead atoms. The molecule has 29 heavy (non-hydrogen) atoms. The number of amides is 2. The van der Waals surface area contributed by atoms with Crippen LogP contribution in [0.4, 0.5) is 5.69 Å². The third-order valence-corrected chi connectivity index (χ3v) is 5.77. The smallest absolute Gasteiger partial charge is 0.265 e. The topological polar surface area (TPSA) is 59.1 Å². The van der Waals surface area contributed by atoms with Gasteiger partial charge in [0.25, 0.3) is 5.91 Å². The van der Waals surface area contributed by atoms with Crippen LogP contribution in [0.15, 0.2) is 42.5 Å². The van der Waals surface area contributed by atoms with E-state index in [1.807, 2.05) is 12.1 Å². The number of hydrogen-bond donors (Lipinski definition) is 0. The summed E-state index contributed by atoms with van der Waals surface area (Å²) in [6.07, 6.45) is -0.737. The van der Waals surface area contributed by atoms with Crippen LogP contribution in [-0.4, -0.2) is 55.7 Å². The number of morpholine rings is 1. The molecule has 2 aromatic rings. The van der Waals surface area contributed by atoms with Gasteiger partial charge in [-0.1, -0.05) is 41.4 Å². The number of rotatable bonds is 3. The van der Waals surface area contributed by atoms with Crippen molar-refractivity contribution >= 4 is 40.7 Å². The first-order valence-electron chi connectivity index (χ1n) is 9.40. The van der Waals surface area contributed by atoms with Gasteiger partial charge in [-0.25, -0.2) is 0 Å². The SMILES string of the molecule is O=C(C1CN(C(=O)Cc2c(Cl)cccc2Cl)c2ccccc2O1)N1CCOCC1. The highest BCUT2D eigenvalue weighted by Gasteiger charge is 2.36. The fourth-order valence-corrected chi connectivity index (χ4v) is 4.07. The lowest BCUT2D eigenvalue weighted by Gasteiger charge is -2.37. The monoisotopic (exact) mass is 434 g/mol. The Labute approximate surface area is 178 Å². The largest absolute Gasteiger partial charge is 0.476 e. The van der Waals surface area contributed by atoms with Gasteiger partial charge < -0.3 is 19.3 Å². The summed E-state index contributed by atoms with van der Waals surface area (Å²) in [7, 11) is 0. The van der Waals surface area contributed by atoms with Crippen molar-refractivity contribution in [2.45, 2.75) is 12.5 Å². The number of fused-ring (bicyclic) bond motifs is 1. The van der Waals surface area contributed by atoms with Crippen molar-refractivity contribution in [3.05, 3.63) is 58.1 Å². The molecule has 0 spiro atoms. The molecule has 6 nitrogen and oxygen atoms in total. The zero-order valence-corrected chi connectivity index (χ0v) is 17.2. The van der Waals surface area contributed by atoms with Crippen molar-refractivity contribution in [2.75, 3.05) is 37.7 Å². The number of nitrogens with zero attached hydrogens (tertiary/aromatic N) is 2. The summed E-state index contributed by atoms with van der Waals surface area (Å²) in [4.78, 5) is 29.5. The van der Waals surface area contributed by atoms with Gasteiger partial charge in [-0.2, -0.15) is 0 Å². The lowest BCUT2D eigenvalue weighted by Crippen LogP contribution is -2.54. The Hall–Kier alpha value is -2.28. The molecule has 1 fully saturated rings. The van der Waals surface area contributed by atoms with Crippen molar-refractivity contribution in [2.24, 2.45) is 0 Å². The number of para-hydroxylation sites is 2. The standard InChI is InChI=1S/C21H20Cl2N2O4/c22-15-4-3-5-16(23)14(15)12-20(26)25-13-19(21(27)24-8-10-28-11-9-24)29-18-7-2-1-6-17(18)25/h1-7,19H,8-13H2. The Balaban J connectivity index is 1.59. The van der Waals surface area contributed by atoms with Crippen LogP contribution in [0, 0.1) is 0 Å². The fraction of sp³-hybridized carbons (Fsp3) is 0.333. The summed E-state index contributed by atoms with van der Waals surface area (Å²) >= 11 is 12.5. The molecule has 2 aliphatic heterocycles. The fourth-order valence-electron chi connectivity index (χ4n) is 3.53. The molecule has 1 saturated heterocycles. The summed E-state index contributed by atoms with van der Waals surface area (Å²) in [5.74, 6) is 0.163. The molecular formula is C21H20Cl2N2O4. The third kappa shape index (κ3) is 4.20. The maximum atomic E-state index is 13.2. The van der Waals surface area contributed by atoms with Gasteiger partial charge >= 0.3 is 0 Å². The third-order valence-electron chi connectivity index (χ3n) is 5.06. The lowest BCUT2D eigenvalue weighted by atomic mass is 10.1. The number of carbonyl (C=O) groups excluding carboxylic acids is 2. The number of anilines is 1. The van der Waals surface area contributed by atoms with Crippen LogP contribution >= 0.6 is 23.2 Å². The highest BCUT2D eigenvalue weighted by molar-refractivity contribution is 6.36. The highest BCUT2D eigenvalue weighted by atomic mass is 35.5. The number of ether oxygens (including phenoxy) is 2. The molecule has 1 unspecified atom stereocenters. The lowest BCUT2D eigenvalue weighted by molar-refractivity contribution is -0.142. The number of carbonyl (C=O) groups is 2. The first kappa shape index (κ1) is 20.0. The molecule has 1 atom stereocenters. The van der Waals surface area contributed by atoms with E-state index >= 15 is 0 Å². The van der Waals surface area contributed by atoms with E-state index in [0.29, 0.717) is 53.3 Å². The minimum atomic E-state index is -0.770. The van der Waals surface area contributed by atoms with Crippen molar-refractivity contribution < 1.29 is 19.1 Å². The molecule has 2 aromatic carbocycles. The van der Waals surface area contributed by atoms with Crippen LogP contribution in [0.2, 0.25) is 10.0 Å². The van der Waals surface area contributed by atoms with E-state index in [9.17, 15) is 9.59 Å². The number of benzene rings is 2. The van der Waals surface area contributed by atoms with E-state index in [-0.39, 0.29) is 24.8 Å². The number of halogens is 2. The van der Waals surface area contributed by atoms with Crippen LogP contribution in [-0.2, 0) is 20.7 Å². The Morgan fingerprint density at radius 1 is 1.00 bits per heavy atom. The van der Waals surface area contributed by atoms with Gasteiger partial charge in [0.15, 0.2) is 6.10 Å². The maximum Gasteiger partial charge on any atom is 0.265 e. The Morgan fingerprint density at radius 2 is 1.69 bits per heavy atom. The second kappa shape index (κ2) is 8.61. The normalized spacial score (nSPS) is 18.8. The van der Waals surface area contributed by atoms with Gasteiger partial charge in [0.2, 0.25) is 5.91 Å². The Kier molecular flexibility index (Phi) is 5.94. The van der Waals surface area contributed by atoms with E-state index in [0.717, 1.165) is 0 Å². The molecule has 0 aliphatic carbocycles. The van der Waals surface area contributed by atoms with Crippen molar-refractivity contribution in [3.63, 3.8) is 0 Å². The predicted octanol–water partition coefficient (Wildman–Crippen LogP) is 3.19. The molecule has 0 N–H and O–H groups in total. The molecule has 2 heterocycles. The van der Waals surface area contributed by atoms with E-state index in [1.54, 1.807) is 40.1 Å². The van der Waals surface area contributed by atoms with Gasteiger partial charge in [-0.05, 0) is 29.8 Å². The van der Waals surface area contributed by atoms with Crippen LogP contribution in [0.5, 0.6) is 5.75 Å². The first-order chi connectivity index (χ1) is 14.0. The minimum absolute atomic E-state index is 0.0330. The summed E-state index contributed by atoms with van der Waals surface area (Å²) < 4.78 is 11.3. The second-order valence-electron chi connectivity index (χ2n) is 6.89. The molecule has 0 aromatic heterocycles. The minimum Gasteiger partial charge on any atom is -0.476 e. The van der Waals surface area contributed by atoms with E-state index in [2.05, 4.69) is 0 Å². The van der Waals surface area contributed by atoms with E-state index in [4.69, 9.17) is 32.7 Å². The van der Waals surface area contributed by atoms with Gasteiger partial charge in [0, 0.05) is 23.1 Å². The van der Waals surface area contributed by atoms with Gasteiger partial charge in [-0.3, -0.25) is 9.59 Å². The summed E-state index contributed by atoms with van der Waals surface area (Å²) in [6, 6.07) is 12.3. The van der Waals surface area contributed by atoms with E-state index < -0.39 is 6.10 Å². The predicted molar refractivity (Wildman–Crippen MR) is 111 cm³/mol. The summed E-state index contributed by atoms with van der Waals surface area (Å²) in [5, 5.41) is 0.877. The zero-order valence-electron chi connectivity index (χ0n) is 15.6. The average Bonchev–Trinajstić information content (AvgIpc) is 2.75. The van der Waals surface area contributed by atoms with Gasteiger partial charge in [0.1, 0.15) is 5.75 Å². The van der Waals surface area contributed by atoms with Gasteiger partial charge in [0.05, 0.1) is 31.9 Å². The molecule has 152 valence electrons. The Bertz CT molecular complexity index is 910. The molecule has 2 amide bonds. The van der Waals surface area contributed by atoms with Crippen LogP contribution in [0.25, 0.3) is 0 Å². The maximum absolute atomic E-state index is 13.2. The quantitative estimate of drug-likeness (QED) is 0.743. The van der Waals surface area contributed by atoms with Crippen molar-refractivity contribution in [1.82, 2.24) is 4.90 Å². The molecule has 2 aliphatic rings. The molecular weight excluding hydrogens is 415 g/mol. The van der Waals surface area contributed by atoms with Gasteiger partial charge in [-0.15, -0.1) is 0 Å². The highest BCUT2D eigenvalue weighted by Crippen LogP contribution is 2.35. The number of hydrogen-bond acceptors (Lipinski definition) is 4. The molecule has 0 saturated carbocycles.